The Hall–Kier alpha value is -2.54. The minimum absolute atomic E-state index is 0.0321. The Kier molecular flexibility index (Phi) is 8.73. The van der Waals surface area contributed by atoms with Gasteiger partial charge in [0.15, 0.2) is 23.0 Å². The molecule has 0 radical (unpaired) electrons. The van der Waals surface area contributed by atoms with Gasteiger partial charge in [-0.3, -0.25) is 0 Å². The van der Waals surface area contributed by atoms with E-state index in [4.69, 9.17) is 14.2 Å². The van der Waals surface area contributed by atoms with Crippen molar-refractivity contribution in [1.29, 1.82) is 0 Å². The molecule has 1 N–H and O–H groups in total. The maximum absolute atomic E-state index is 11.4. The van der Waals surface area contributed by atoms with Crippen molar-refractivity contribution in [2.24, 2.45) is 0 Å². The Morgan fingerprint density at radius 1 is 0.875 bits per heavy atom. The first-order valence-electron chi connectivity index (χ1n) is 9.47. The van der Waals surface area contributed by atoms with E-state index in [-0.39, 0.29) is 35.8 Å². The Balaban J connectivity index is 2.22. The molecule has 1 unspecified atom stereocenters. The second kappa shape index (κ2) is 10.9. The van der Waals surface area contributed by atoms with E-state index in [9.17, 15) is 31.0 Å². The number of rotatable bonds is 12. The lowest BCUT2D eigenvalue weighted by Gasteiger charge is -2.22. The monoisotopic (exact) mass is 488 g/mol. The van der Waals surface area contributed by atoms with Gasteiger partial charge >= 0.3 is 0 Å². The first-order valence-corrected chi connectivity index (χ1v) is 12.6. The number of phenols is 1. The number of methoxy groups -OCH3 is 2. The fourth-order valence-corrected chi connectivity index (χ4v) is 4.21. The van der Waals surface area contributed by atoms with E-state index in [1.807, 2.05) is 0 Å². The SMILES string of the molecule is COc1cc(CC(CS(=O)(=O)[O-])Oc2ccc(CCCS(=O)(=O)[O-])cc2OC)ccc1O. The van der Waals surface area contributed by atoms with Crippen LogP contribution in [-0.4, -0.2) is 62.9 Å². The van der Waals surface area contributed by atoms with E-state index in [0.29, 0.717) is 17.5 Å². The zero-order chi connectivity index (χ0) is 23.9. The molecule has 0 spiro atoms. The summed E-state index contributed by atoms with van der Waals surface area (Å²) in [6, 6.07) is 9.17. The van der Waals surface area contributed by atoms with Crippen LogP contribution in [0.15, 0.2) is 36.4 Å². The van der Waals surface area contributed by atoms with Gasteiger partial charge < -0.3 is 28.4 Å². The van der Waals surface area contributed by atoms with Gasteiger partial charge in [0.05, 0.1) is 40.2 Å². The van der Waals surface area contributed by atoms with E-state index in [0.717, 1.165) is 0 Å². The lowest BCUT2D eigenvalue weighted by molar-refractivity contribution is 0.211. The van der Waals surface area contributed by atoms with Crippen LogP contribution < -0.4 is 14.2 Å². The molecule has 178 valence electrons. The molecule has 12 heteroatoms. The molecule has 0 amide bonds. The first-order chi connectivity index (χ1) is 14.9. The van der Waals surface area contributed by atoms with E-state index in [1.165, 1.54) is 32.4 Å². The van der Waals surface area contributed by atoms with Gasteiger partial charge in [0.1, 0.15) is 6.10 Å². The Morgan fingerprint density at radius 3 is 2.09 bits per heavy atom. The Morgan fingerprint density at radius 2 is 1.50 bits per heavy atom. The van der Waals surface area contributed by atoms with Gasteiger partial charge in [0.2, 0.25) is 0 Å². The summed E-state index contributed by atoms with van der Waals surface area (Å²) in [6.07, 6.45) is -0.583. The van der Waals surface area contributed by atoms with Crippen molar-refractivity contribution < 1.29 is 45.3 Å². The third kappa shape index (κ3) is 8.54. The lowest BCUT2D eigenvalue weighted by atomic mass is 10.1. The molecule has 10 nitrogen and oxygen atoms in total. The standard InChI is InChI=1S/C20H26O10S2/c1-28-19-12-15(5-7-17(19)21)10-16(13-32(25,26)27)30-18-8-6-14(11-20(18)29-2)4-3-9-31(22,23)24/h5-8,11-12,16,21H,3-4,9-10,13H2,1-2H3,(H,22,23,24)(H,25,26,27)/p-2. The summed E-state index contributed by atoms with van der Waals surface area (Å²) in [6.45, 7) is 0. The molecule has 2 aromatic carbocycles. The summed E-state index contributed by atoms with van der Waals surface area (Å²) in [5.41, 5.74) is 1.26. The molecule has 0 fully saturated rings. The van der Waals surface area contributed by atoms with Gasteiger partial charge in [0, 0.05) is 12.2 Å². The number of benzene rings is 2. The maximum Gasteiger partial charge on any atom is 0.161 e. The van der Waals surface area contributed by atoms with Crippen LogP contribution in [0.1, 0.15) is 17.5 Å². The quantitative estimate of drug-likeness (QED) is 0.432. The first kappa shape index (κ1) is 25.7. The van der Waals surface area contributed by atoms with E-state index < -0.39 is 37.8 Å². The maximum atomic E-state index is 11.4. The van der Waals surface area contributed by atoms with Crippen molar-refractivity contribution in [3.05, 3.63) is 47.5 Å². The fraction of sp³-hybridized carbons (Fsp3) is 0.400. The van der Waals surface area contributed by atoms with Gasteiger partial charge in [-0.1, -0.05) is 12.1 Å². The molecule has 0 aliphatic carbocycles. The van der Waals surface area contributed by atoms with Crippen molar-refractivity contribution in [2.45, 2.75) is 25.4 Å². The minimum Gasteiger partial charge on any atom is -0.748 e. The molecule has 32 heavy (non-hydrogen) atoms. The molecule has 2 aromatic rings. The van der Waals surface area contributed by atoms with Crippen molar-refractivity contribution in [2.75, 3.05) is 25.7 Å². The van der Waals surface area contributed by atoms with Crippen LogP contribution in [0.4, 0.5) is 0 Å². The summed E-state index contributed by atoms with van der Waals surface area (Å²) in [5.74, 6) is -0.758. The predicted octanol–water partition coefficient (Wildman–Crippen LogP) is 1.42. The zero-order valence-electron chi connectivity index (χ0n) is 17.5. The Labute approximate surface area is 187 Å². The number of ether oxygens (including phenoxy) is 3. The summed E-state index contributed by atoms with van der Waals surface area (Å²) in [4.78, 5) is 0. The summed E-state index contributed by atoms with van der Waals surface area (Å²) >= 11 is 0. The third-order valence-corrected chi connectivity index (χ3v) is 6.05. The van der Waals surface area contributed by atoms with Gasteiger partial charge in [-0.05, 0) is 48.2 Å². The summed E-state index contributed by atoms with van der Waals surface area (Å²) in [5, 5.41) is 9.72. The van der Waals surface area contributed by atoms with Crippen LogP contribution in [-0.2, 0) is 33.1 Å². The largest absolute Gasteiger partial charge is 0.748 e. The topological polar surface area (TPSA) is 162 Å². The zero-order valence-corrected chi connectivity index (χ0v) is 19.1. The molecule has 1 atom stereocenters. The van der Waals surface area contributed by atoms with E-state index in [2.05, 4.69) is 0 Å². The van der Waals surface area contributed by atoms with Crippen LogP contribution in [0, 0.1) is 0 Å². The molecular formula is C20H24O10S2-2. The second-order valence-corrected chi connectivity index (χ2v) is 10.00. The average molecular weight is 489 g/mol. The molecule has 0 aliphatic rings. The van der Waals surface area contributed by atoms with Gasteiger partial charge in [0.25, 0.3) is 0 Å². The van der Waals surface area contributed by atoms with Gasteiger partial charge in [-0.25, -0.2) is 16.8 Å². The molecule has 2 rings (SSSR count). The summed E-state index contributed by atoms with van der Waals surface area (Å²) < 4.78 is 82.5. The van der Waals surface area contributed by atoms with Crippen LogP contribution >= 0.6 is 0 Å². The molecule has 0 heterocycles. The van der Waals surface area contributed by atoms with Crippen LogP contribution in [0.5, 0.6) is 23.0 Å². The third-order valence-electron chi connectivity index (χ3n) is 4.48. The molecule has 0 bridgehead atoms. The van der Waals surface area contributed by atoms with Gasteiger partial charge in [-0.15, -0.1) is 0 Å². The smallest absolute Gasteiger partial charge is 0.161 e. The predicted molar refractivity (Wildman–Crippen MR) is 113 cm³/mol. The molecule has 0 aromatic heterocycles. The highest BCUT2D eigenvalue weighted by molar-refractivity contribution is 7.85. The normalized spacial score (nSPS) is 12.9. The second-order valence-electron chi connectivity index (χ2n) is 7.03. The highest BCUT2D eigenvalue weighted by atomic mass is 32.2. The van der Waals surface area contributed by atoms with Crippen LogP contribution in [0.3, 0.4) is 0 Å². The molecular weight excluding hydrogens is 464 g/mol. The van der Waals surface area contributed by atoms with Crippen molar-refractivity contribution in [1.82, 2.24) is 0 Å². The summed E-state index contributed by atoms with van der Waals surface area (Å²) in [7, 11) is -6.19. The van der Waals surface area contributed by atoms with Crippen LogP contribution in [0.25, 0.3) is 0 Å². The number of phenolic OH excluding ortho intramolecular Hbond substituents is 1. The van der Waals surface area contributed by atoms with Crippen molar-refractivity contribution >= 4 is 20.2 Å². The highest BCUT2D eigenvalue weighted by Crippen LogP contribution is 2.31. The number of aromatic hydroxyl groups is 1. The average Bonchev–Trinajstić information content (AvgIpc) is 2.68. The van der Waals surface area contributed by atoms with Crippen molar-refractivity contribution in [3.8, 4) is 23.0 Å². The van der Waals surface area contributed by atoms with E-state index in [1.54, 1.807) is 18.2 Å². The molecule has 0 aliphatic heterocycles. The molecule has 0 saturated heterocycles. The van der Waals surface area contributed by atoms with E-state index >= 15 is 0 Å². The number of hydrogen-bond donors (Lipinski definition) is 1. The van der Waals surface area contributed by atoms with Crippen molar-refractivity contribution in [3.63, 3.8) is 0 Å². The van der Waals surface area contributed by atoms with Crippen LogP contribution in [0.2, 0.25) is 0 Å². The molecule has 0 saturated carbocycles. The Bertz CT molecular complexity index is 1130. The lowest BCUT2D eigenvalue weighted by Crippen LogP contribution is -2.29. The minimum atomic E-state index is -4.62. The van der Waals surface area contributed by atoms with Gasteiger partial charge in [-0.2, -0.15) is 0 Å². The fourth-order valence-electron chi connectivity index (χ4n) is 3.07. The number of aryl methyl sites for hydroxylation is 1. The number of hydrogen-bond acceptors (Lipinski definition) is 10. The highest BCUT2D eigenvalue weighted by Gasteiger charge is 2.19.